The molecule has 0 N–H and O–H groups in total. The molecule has 0 aromatic carbocycles. The van der Waals surface area contributed by atoms with E-state index in [1.165, 1.54) is 0 Å². The molecule has 0 aromatic rings. The van der Waals surface area contributed by atoms with Crippen molar-refractivity contribution >= 4 is 11.6 Å². The summed E-state index contributed by atoms with van der Waals surface area (Å²) in [6.45, 7) is 3.64. The zero-order valence-electron chi connectivity index (χ0n) is 7.92. The Labute approximate surface area is 79.0 Å². The molecule has 1 atom stereocenters. The van der Waals surface area contributed by atoms with E-state index in [1.54, 1.807) is 0 Å². The van der Waals surface area contributed by atoms with Crippen molar-refractivity contribution in [3.63, 3.8) is 0 Å². The van der Waals surface area contributed by atoms with Gasteiger partial charge in [0.15, 0.2) is 0 Å². The highest BCUT2D eigenvalue weighted by Crippen LogP contribution is 2.23. The average Bonchev–Trinajstić information content (AvgIpc) is 2.09. The Balaban J connectivity index is 2.29. The molecule has 2 heteroatoms. The SMILES string of the molecule is C=CCCCC1CCC(=O)CC1=O. The first-order valence-corrected chi connectivity index (χ1v) is 4.89. The van der Waals surface area contributed by atoms with Crippen molar-refractivity contribution in [2.75, 3.05) is 0 Å². The Hall–Kier alpha value is -0.920. The molecule has 1 unspecified atom stereocenters. The molecule has 0 aromatic heterocycles. The molecule has 1 rings (SSSR count). The molecular weight excluding hydrogens is 164 g/mol. The highest BCUT2D eigenvalue weighted by Gasteiger charge is 2.25. The lowest BCUT2D eigenvalue weighted by atomic mass is 9.84. The standard InChI is InChI=1S/C11H16O2/c1-2-3-4-5-9-6-7-10(12)8-11(9)13/h2,9H,1,3-8H2. The van der Waals surface area contributed by atoms with E-state index in [1.807, 2.05) is 6.08 Å². The van der Waals surface area contributed by atoms with E-state index < -0.39 is 0 Å². The van der Waals surface area contributed by atoms with Gasteiger partial charge in [0.25, 0.3) is 0 Å². The third-order valence-corrected chi connectivity index (χ3v) is 2.56. The summed E-state index contributed by atoms with van der Waals surface area (Å²) in [6, 6.07) is 0. The molecule has 72 valence electrons. The van der Waals surface area contributed by atoms with Gasteiger partial charge >= 0.3 is 0 Å². The summed E-state index contributed by atoms with van der Waals surface area (Å²) < 4.78 is 0. The molecule has 1 aliphatic rings. The van der Waals surface area contributed by atoms with Gasteiger partial charge in [0.2, 0.25) is 0 Å². The van der Waals surface area contributed by atoms with E-state index >= 15 is 0 Å². The minimum atomic E-state index is 0.116. The van der Waals surface area contributed by atoms with Gasteiger partial charge in [-0.05, 0) is 25.7 Å². The molecular formula is C11H16O2. The predicted molar refractivity (Wildman–Crippen MR) is 51.4 cm³/mol. The normalized spacial score (nSPS) is 23.2. The maximum atomic E-state index is 11.4. The van der Waals surface area contributed by atoms with Crippen LogP contribution in [-0.2, 0) is 9.59 Å². The number of allylic oxidation sites excluding steroid dienone is 1. The number of carbonyl (C=O) groups excluding carboxylic acids is 2. The maximum Gasteiger partial charge on any atom is 0.143 e. The second kappa shape index (κ2) is 4.95. The third kappa shape index (κ3) is 3.13. The van der Waals surface area contributed by atoms with Crippen molar-refractivity contribution < 1.29 is 9.59 Å². The Kier molecular flexibility index (Phi) is 3.87. The molecule has 0 heterocycles. The number of carbonyl (C=O) groups is 2. The Morgan fingerprint density at radius 3 is 2.85 bits per heavy atom. The van der Waals surface area contributed by atoms with Gasteiger partial charge in [-0.1, -0.05) is 6.08 Å². The average molecular weight is 180 g/mol. The molecule has 1 fully saturated rings. The van der Waals surface area contributed by atoms with Crippen LogP contribution in [0.1, 0.15) is 38.5 Å². The Morgan fingerprint density at radius 2 is 2.23 bits per heavy atom. The molecule has 0 radical (unpaired) electrons. The molecule has 0 bridgehead atoms. The van der Waals surface area contributed by atoms with Crippen LogP contribution in [-0.4, -0.2) is 11.6 Å². The van der Waals surface area contributed by atoms with Crippen LogP contribution in [0.4, 0.5) is 0 Å². The van der Waals surface area contributed by atoms with Crippen molar-refractivity contribution in [1.82, 2.24) is 0 Å². The minimum absolute atomic E-state index is 0.116. The van der Waals surface area contributed by atoms with Crippen molar-refractivity contribution in [3.8, 4) is 0 Å². The van der Waals surface area contributed by atoms with Crippen LogP contribution in [0, 0.1) is 5.92 Å². The van der Waals surface area contributed by atoms with Crippen molar-refractivity contribution in [1.29, 1.82) is 0 Å². The van der Waals surface area contributed by atoms with Gasteiger partial charge in [-0.25, -0.2) is 0 Å². The Morgan fingerprint density at radius 1 is 1.46 bits per heavy atom. The Bertz CT molecular complexity index is 218. The first-order chi connectivity index (χ1) is 6.24. The van der Waals surface area contributed by atoms with Gasteiger partial charge in [0.05, 0.1) is 6.42 Å². The summed E-state index contributed by atoms with van der Waals surface area (Å²) in [5, 5.41) is 0. The number of unbranched alkanes of at least 4 members (excludes halogenated alkanes) is 1. The molecule has 0 spiro atoms. The van der Waals surface area contributed by atoms with Gasteiger partial charge in [-0.3, -0.25) is 9.59 Å². The van der Waals surface area contributed by atoms with Gasteiger partial charge in [-0.15, -0.1) is 6.58 Å². The summed E-state index contributed by atoms with van der Waals surface area (Å²) in [5.41, 5.74) is 0. The van der Waals surface area contributed by atoms with E-state index in [9.17, 15) is 9.59 Å². The summed E-state index contributed by atoms with van der Waals surface area (Å²) in [4.78, 5) is 22.3. The summed E-state index contributed by atoms with van der Waals surface area (Å²) in [6.07, 6.45) is 6.35. The summed E-state index contributed by atoms with van der Waals surface area (Å²) in [7, 11) is 0. The van der Waals surface area contributed by atoms with Gasteiger partial charge in [-0.2, -0.15) is 0 Å². The lowest BCUT2D eigenvalue weighted by Gasteiger charge is -2.18. The number of hydrogen-bond donors (Lipinski definition) is 0. The fraction of sp³-hybridized carbons (Fsp3) is 0.636. The van der Waals surface area contributed by atoms with Crippen LogP contribution >= 0.6 is 0 Å². The van der Waals surface area contributed by atoms with Crippen LogP contribution < -0.4 is 0 Å². The fourth-order valence-corrected chi connectivity index (χ4v) is 1.74. The number of Topliss-reactive ketones (excluding diaryl/α,β-unsaturated/α-hetero) is 2. The molecule has 0 saturated heterocycles. The van der Waals surface area contributed by atoms with Crippen LogP contribution in [0.15, 0.2) is 12.7 Å². The van der Waals surface area contributed by atoms with E-state index in [4.69, 9.17) is 0 Å². The predicted octanol–water partition coefficient (Wildman–Crippen LogP) is 2.28. The lowest BCUT2D eigenvalue weighted by Crippen LogP contribution is -2.24. The molecule has 0 amide bonds. The van der Waals surface area contributed by atoms with Crippen molar-refractivity contribution in [2.45, 2.75) is 38.5 Å². The number of rotatable bonds is 4. The first-order valence-electron chi connectivity index (χ1n) is 4.89. The largest absolute Gasteiger partial charge is 0.299 e. The lowest BCUT2D eigenvalue weighted by molar-refractivity contribution is -0.132. The zero-order valence-corrected chi connectivity index (χ0v) is 7.92. The number of ketones is 2. The number of hydrogen-bond acceptors (Lipinski definition) is 2. The van der Waals surface area contributed by atoms with E-state index in [0.717, 1.165) is 25.7 Å². The van der Waals surface area contributed by atoms with E-state index in [2.05, 4.69) is 6.58 Å². The molecule has 2 nitrogen and oxygen atoms in total. The maximum absolute atomic E-state index is 11.4. The van der Waals surface area contributed by atoms with Crippen molar-refractivity contribution in [2.24, 2.45) is 5.92 Å². The second-order valence-corrected chi connectivity index (χ2v) is 3.64. The zero-order chi connectivity index (χ0) is 9.68. The van der Waals surface area contributed by atoms with Crippen molar-refractivity contribution in [3.05, 3.63) is 12.7 Å². The minimum Gasteiger partial charge on any atom is -0.299 e. The van der Waals surface area contributed by atoms with Crippen LogP contribution in [0.2, 0.25) is 0 Å². The first kappa shape index (κ1) is 10.2. The highest BCUT2D eigenvalue weighted by molar-refractivity contribution is 6.02. The van der Waals surface area contributed by atoms with Crippen LogP contribution in [0.3, 0.4) is 0 Å². The molecule has 1 saturated carbocycles. The summed E-state index contributed by atoms with van der Waals surface area (Å²) in [5.74, 6) is 0.419. The third-order valence-electron chi connectivity index (χ3n) is 2.56. The van der Waals surface area contributed by atoms with Gasteiger partial charge in [0, 0.05) is 12.3 Å². The molecule has 1 aliphatic carbocycles. The van der Waals surface area contributed by atoms with E-state index in [0.29, 0.717) is 6.42 Å². The smallest absolute Gasteiger partial charge is 0.143 e. The van der Waals surface area contributed by atoms with Crippen LogP contribution in [0.25, 0.3) is 0 Å². The monoisotopic (exact) mass is 180 g/mol. The van der Waals surface area contributed by atoms with Gasteiger partial charge in [0.1, 0.15) is 11.6 Å². The molecule has 0 aliphatic heterocycles. The molecule has 13 heavy (non-hydrogen) atoms. The topological polar surface area (TPSA) is 34.1 Å². The van der Waals surface area contributed by atoms with Crippen LogP contribution in [0.5, 0.6) is 0 Å². The second-order valence-electron chi connectivity index (χ2n) is 3.64. The highest BCUT2D eigenvalue weighted by atomic mass is 16.1. The quantitative estimate of drug-likeness (QED) is 0.378. The van der Waals surface area contributed by atoms with E-state index in [-0.39, 0.29) is 23.9 Å². The fourth-order valence-electron chi connectivity index (χ4n) is 1.74. The summed E-state index contributed by atoms with van der Waals surface area (Å²) >= 11 is 0. The van der Waals surface area contributed by atoms with Gasteiger partial charge < -0.3 is 0 Å².